The first-order valence-corrected chi connectivity index (χ1v) is 12.5. The fourth-order valence-corrected chi connectivity index (χ4v) is 3.40. The van der Waals surface area contributed by atoms with Gasteiger partial charge in [-0.15, -0.1) is 0 Å². The Hall–Kier alpha value is -3.90. The van der Waals surface area contributed by atoms with Crippen LogP contribution in [0.4, 0.5) is 15.4 Å². The summed E-state index contributed by atoms with van der Waals surface area (Å²) in [6.07, 6.45) is 1.11. The summed E-state index contributed by atoms with van der Waals surface area (Å²) in [6, 6.07) is 8.89. The van der Waals surface area contributed by atoms with Gasteiger partial charge in [-0.25, -0.2) is 19.1 Å². The molecule has 3 rings (SSSR count). The lowest BCUT2D eigenvalue weighted by Crippen LogP contribution is -2.43. The number of aliphatic hydroxyl groups is 1. The molecule has 1 unspecified atom stereocenters. The third-order valence-corrected chi connectivity index (χ3v) is 5.06. The molecular formula is C27H37N5O7. The van der Waals surface area contributed by atoms with E-state index in [0.717, 1.165) is 5.56 Å². The van der Waals surface area contributed by atoms with E-state index in [9.17, 15) is 14.7 Å². The minimum absolute atomic E-state index is 0.0285. The van der Waals surface area contributed by atoms with E-state index >= 15 is 0 Å². The minimum Gasteiger partial charge on any atom is -0.488 e. The van der Waals surface area contributed by atoms with Gasteiger partial charge < -0.3 is 29.4 Å². The molecule has 2 heterocycles. The van der Waals surface area contributed by atoms with Crippen LogP contribution < -0.4 is 15.0 Å². The predicted octanol–water partition coefficient (Wildman–Crippen LogP) is 4.01. The molecule has 2 amide bonds. The molecule has 1 atom stereocenters. The smallest absolute Gasteiger partial charge is 0.416 e. The first kappa shape index (κ1) is 29.7. The Morgan fingerprint density at radius 1 is 1.10 bits per heavy atom. The number of carbonyl (C=O) groups excluding carboxylic acids is 2. The van der Waals surface area contributed by atoms with Gasteiger partial charge in [0, 0.05) is 32.0 Å². The van der Waals surface area contributed by atoms with Gasteiger partial charge >= 0.3 is 12.2 Å². The molecule has 0 aliphatic heterocycles. The highest BCUT2D eigenvalue weighted by atomic mass is 16.6. The molecule has 0 saturated heterocycles. The Bertz CT molecular complexity index is 1280. The molecule has 0 aliphatic carbocycles. The van der Waals surface area contributed by atoms with E-state index in [1.54, 1.807) is 76.7 Å². The Balaban J connectivity index is 1.89. The third-order valence-electron chi connectivity index (χ3n) is 5.06. The summed E-state index contributed by atoms with van der Waals surface area (Å²) in [4.78, 5) is 31.3. The first-order chi connectivity index (χ1) is 18.3. The van der Waals surface area contributed by atoms with Crippen molar-refractivity contribution >= 4 is 23.7 Å². The van der Waals surface area contributed by atoms with E-state index in [1.165, 1.54) is 12.0 Å². The predicted molar refractivity (Wildman–Crippen MR) is 145 cm³/mol. The van der Waals surface area contributed by atoms with Gasteiger partial charge in [-0.05, 0) is 65.3 Å². The summed E-state index contributed by atoms with van der Waals surface area (Å²) in [7, 11) is 1.39. The number of methoxy groups -OCH3 is 1. The molecule has 0 bridgehead atoms. The molecule has 2 aromatic heterocycles. The topological polar surface area (TPSA) is 137 Å². The maximum atomic E-state index is 13.1. The number of hydrogen-bond donors (Lipinski definition) is 2. The molecular weight excluding hydrogens is 506 g/mol. The lowest BCUT2D eigenvalue weighted by molar-refractivity contribution is -0.0967. The molecule has 0 radical (unpaired) electrons. The summed E-state index contributed by atoms with van der Waals surface area (Å²) < 4.78 is 22.9. The number of alkyl carbamates (subject to hydrolysis) is 1. The number of aliphatic hydroxyl groups excluding tert-OH is 1. The number of hydrogen-bond acceptors (Lipinski definition) is 9. The second-order valence-corrected chi connectivity index (χ2v) is 10.7. The highest BCUT2D eigenvalue weighted by Gasteiger charge is 2.25. The number of nitrogens with one attached hydrogen (secondary N) is 1. The van der Waals surface area contributed by atoms with E-state index in [4.69, 9.17) is 23.9 Å². The lowest BCUT2D eigenvalue weighted by atomic mass is 10.1. The number of carbonyl (C=O) groups is 2. The Morgan fingerprint density at radius 3 is 2.49 bits per heavy atom. The molecule has 12 nitrogen and oxygen atoms in total. The molecule has 0 spiro atoms. The quantitative estimate of drug-likeness (QED) is 0.384. The molecule has 0 aliphatic rings. The summed E-state index contributed by atoms with van der Waals surface area (Å²) in [6.45, 7) is 10.8. The average molecular weight is 544 g/mol. The van der Waals surface area contributed by atoms with Gasteiger partial charge in [0.2, 0.25) is 0 Å². The first-order valence-electron chi connectivity index (χ1n) is 12.5. The van der Waals surface area contributed by atoms with E-state index in [2.05, 4.69) is 10.4 Å². The van der Waals surface area contributed by atoms with Gasteiger partial charge in [0.15, 0.2) is 11.9 Å². The van der Waals surface area contributed by atoms with Crippen LogP contribution in [0.5, 0.6) is 5.75 Å². The lowest BCUT2D eigenvalue weighted by Gasteiger charge is -2.27. The number of anilines is 1. The highest BCUT2D eigenvalue weighted by molar-refractivity contribution is 5.88. The number of amides is 2. The van der Waals surface area contributed by atoms with Gasteiger partial charge in [-0.3, -0.25) is 4.90 Å². The average Bonchev–Trinajstić information content (AvgIpc) is 3.26. The number of nitrogens with zero attached hydrogens (tertiary/aromatic N) is 4. The summed E-state index contributed by atoms with van der Waals surface area (Å²) >= 11 is 0. The Kier molecular flexibility index (Phi) is 9.36. The van der Waals surface area contributed by atoms with Crippen molar-refractivity contribution in [1.29, 1.82) is 0 Å². The highest BCUT2D eigenvalue weighted by Crippen LogP contribution is 2.28. The van der Waals surface area contributed by atoms with Crippen molar-refractivity contribution in [2.24, 2.45) is 0 Å². The van der Waals surface area contributed by atoms with Gasteiger partial charge in [-0.2, -0.15) is 5.10 Å². The van der Waals surface area contributed by atoms with Crippen LogP contribution in [-0.4, -0.2) is 76.2 Å². The van der Waals surface area contributed by atoms with Gasteiger partial charge in [-0.1, -0.05) is 12.1 Å². The fraction of sp³-hybridized carbons (Fsp3) is 0.481. The molecule has 2 N–H and O–H groups in total. The van der Waals surface area contributed by atoms with Crippen molar-refractivity contribution < 1.29 is 33.6 Å². The largest absolute Gasteiger partial charge is 0.488 e. The zero-order valence-electron chi connectivity index (χ0n) is 23.4. The van der Waals surface area contributed by atoms with Crippen LogP contribution in [0.2, 0.25) is 0 Å². The van der Waals surface area contributed by atoms with E-state index in [-0.39, 0.29) is 19.7 Å². The number of ether oxygens (including phenoxy) is 4. The van der Waals surface area contributed by atoms with Crippen LogP contribution in [-0.2, 0) is 14.2 Å². The Labute approximate surface area is 227 Å². The summed E-state index contributed by atoms with van der Waals surface area (Å²) in [5.41, 5.74) is 0.581. The van der Waals surface area contributed by atoms with E-state index in [0.29, 0.717) is 22.8 Å². The SMILES string of the molecule is COC(O)COc1cccc(-c2cnn3ccc(N(CCNC(=O)OC(C)(C)C)C(=O)OC(C)(C)C)nc23)c1. The zero-order chi connectivity index (χ0) is 28.8. The second-order valence-electron chi connectivity index (χ2n) is 10.7. The van der Waals surface area contributed by atoms with Crippen LogP contribution in [0, 0.1) is 0 Å². The Morgan fingerprint density at radius 2 is 1.82 bits per heavy atom. The number of rotatable bonds is 9. The van der Waals surface area contributed by atoms with Crippen LogP contribution in [0.3, 0.4) is 0 Å². The molecule has 212 valence electrons. The number of benzene rings is 1. The second kappa shape index (κ2) is 12.3. The van der Waals surface area contributed by atoms with Gasteiger partial charge in [0.1, 0.15) is 29.4 Å². The van der Waals surface area contributed by atoms with E-state index < -0.39 is 29.7 Å². The standard InChI is InChI=1S/C27H37N5O7/c1-26(2,3)38-24(34)28-12-14-31(25(35)39-27(4,5)6)21-11-13-32-23(30-21)20(16-29-32)18-9-8-10-19(15-18)37-17-22(33)36-7/h8-11,13,15-16,22,33H,12,14,17H2,1-7H3,(H,28,34). The van der Waals surface area contributed by atoms with Gasteiger partial charge in [0.25, 0.3) is 0 Å². The fourth-order valence-electron chi connectivity index (χ4n) is 3.40. The maximum absolute atomic E-state index is 13.1. The molecule has 12 heteroatoms. The van der Waals surface area contributed by atoms with Crippen LogP contribution >= 0.6 is 0 Å². The molecule has 3 aromatic rings. The van der Waals surface area contributed by atoms with Crippen molar-refractivity contribution in [3.05, 3.63) is 42.7 Å². The number of fused-ring (bicyclic) bond motifs is 1. The maximum Gasteiger partial charge on any atom is 0.416 e. The van der Waals surface area contributed by atoms with Gasteiger partial charge in [0.05, 0.1) is 6.20 Å². The van der Waals surface area contributed by atoms with Crippen molar-refractivity contribution in [1.82, 2.24) is 19.9 Å². The number of aromatic nitrogens is 3. The van der Waals surface area contributed by atoms with Crippen molar-refractivity contribution in [2.45, 2.75) is 59.0 Å². The molecule has 39 heavy (non-hydrogen) atoms. The molecule has 1 aromatic carbocycles. The van der Waals surface area contributed by atoms with Crippen molar-refractivity contribution in [3.63, 3.8) is 0 Å². The summed E-state index contributed by atoms with van der Waals surface area (Å²) in [5.74, 6) is 0.850. The van der Waals surface area contributed by atoms with Crippen molar-refractivity contribution in [2.75, 3.05) is 31.7 Å². The van der Waals surface area contributed by atoms with Crippen LogP contribution in [0.25, 0.3) is 16.8 Å². The van der Waals surface area contributed by atoms with E-state index in [1.807, 2.05) is 12.1 Å². The van der Waals surface area contributed by atoms with Crippen LogP contribution in [0.15, 0.2) is 42.7 Å². The molecule has 0 saturated carbocycles. The molecule has 0 fully saturated rings. The monoisotopic (exact) mass is 543 g/mol. The van der Waals surface area contributed by atoms with Crippen molar-refractivity contribution in [3.8, 4) is 16.9 Å². The third kappa shape index (κ3) is 8.82. The van der Waals surface area contributed by atoms with Crippen LogP contribution in [0.1, 0.15) is 41.5 Å². The zero-order valence-corrected chi connectivity index (χ0v) is 23.4. The normalized spacial score (nSPS) is 12.6. The summed E-state index contributed by atoms with van der Waals surface area (Å²) in [5, 5.41) is 16.7. The minimum atomic E-state index is -1.04.